The van der Waals surface area contributed by atoms with Crippen LogP contribution in [0.3, 0.4) is 0 Å². The third-order valence-electron chi connectivity index (χ3n) is 4.90. The summed E-state index contributed by atoms with van der Waals surface area (Å²) < 4.78 is 84.3. The normalized spacial score (nSPS) is 16.3. The SMILES string of the molecule is O=C=C(CC(=O)O)N1CCCCC1CNC(=O)c1cc(OCC(F)(F)F)ccc1OCC(F)(F)F. The van der Waals surface area contributed by atoms with E-state index < -0.39 is 67.0 Å². The summed E-state index contributed by atoms with van der Waals surface area (Å²) in [6.07, 6.45) is -8.17. The Morgan fingerprint density at radius 2 is 1.74 bits per heavy atom. The average molecular weight is 512 g/mol. The molecule has 1 amide bonds. The number of carboxylic acids is 1. The van der Waals surface area contributed by atoms with E-state index in [-0.39, 0.29) is 12.2 Å². The van der Waals surface area contributed by atoms with E-state index in [1.165, 1.54) is 4.90 Å². The van der Waals surface area contributed by atoms with E-state index in [9.17, 15) is 40.7 Å². The van der Waals surface area contributed by atoms with Crippen LogP contribution in [-0.2, 0) is 9.59 Å². The lowest BCUT2D eigenvalue weighted by atomic mass is 10.0. The number of amides is 1. The van der Waals surface area contributed by atoms with Crippen LogP contribution in [0.15, 0.2) is 23.9 Å². The van der Waals surface area contributed by atoms with Crippen LogP contribution in [0.5, 0.6) is 11.5 Å². The predicted molar refractivity (Wildman–Crippen MR) is 108 cm³/mol. The van der Waals surface area contributed by atoms with Gasteiger partial charge in [0.1, 0.15) is 23.1 Å². The highest BCUT2D eigenvalue weighted by Gasteiger charge is 2.31. The third-order valence-corrected chi connectivity index (χ3v) is 4.90. The maximum absolute atomic E-state index is 12.8. The predicted octanol–water partition coefficient (Wildman–Crippen LogP) is 3.34. The molecule has 1 unspecified atom stereocenters. The first-order valence-corrected chi connectivity index (χ1v) is 10.3. The highest BCUT2D eigenvalue weighted by Crippen LogP contribution is 2.28. The van der Waals surface area contributed by atoms with Crippen molar-refractivity contribution in [3.63, 3.8) is 0 Å². The molecule has 1 aromatic rings. The molecule has 194 valence electrons. The largest absolute Gasteiger partial charge is 0.484 e. The second kappa shape index (κ2) is 11.8. The van der Waals surface area contributed by atoms with Gasteiger partial charge in [-0.15, -0.1) is 0 Å². The van der Waals surface area contributed by atoms with Crippen molar-refractivity contribution in [1.29, 1.82) is 0 Å². The number of likely N-dealkylation sites (tertiary alicyclic amines) is 1. The lowest BCUT2D eigenvalue weighted by molar-refractivity contribution is -0.154. The zero-order valence-corrected chi connectivity index (χ0v) is 18.2. The summed E-state index contributed by atoms with van der Waals surface area (Å²) in [6.45, 7) is -3.22. The number of carbonyl (C=O) groups is 2. The Balaban J connectivity index is 2.20. The fourth-order valence-electron chi connectivity index (χ4n) is 3.44. The molecule has 0 aliphatic carbocycles. The lowest BCUT2D eigenvalue weighted by Gasteiger charge is -2.37. The Morgan fingerprint density at radius 1 is 1.09 bits per heavy atom. The maximum Gasteiger partial charge on any atom is 0.422 e. The summed E-state index contributed by atoms with van der Waals surface area (Å²) in [6, 6.07) is 2.14. The van der Waals surface area contributed by atoms with Gasteiger partial charge < -0.3 is 24.8 Å². The zero-order chi connectivity index (χ0) is 26.2. The van der Waals surface area contributed by atoms with Crippen molar-refractivity contribution in [2.24, 2.45) is 0 Å². The molecule has 8 nitrogen and oxygen atoms in total. The van der Waals surface area contributed by atoms with E-state index in [1.54, 1.807) is 5.94 Å². The molecule has 0 radical (unpaired) electrons. The van der Waals surface area contributed by atoms with Gasteiger partial charge in [-0.25, -0.2) is 4.79 Å². The smallest absolute Gasteiger partial charge is 0.422 e. The summed E-state index contributed by atoms with van der Waals surface area (Å²) in [4.78, 5) is 36.5. The Morgan fingerprint density at radius 3 is 2.34 bits per heavy atom. The number of hydrogen-bond donors (Lipinski definition) is 2. The fourth-order valence-corrected chi connectivity index (χ4v) is 3.44. The Labute approximate surface area is 195 Å². The van der Waals surface area contributed by atoms with Crippen LogP contribution >= 0.6 is 0 Å². The fraction of sp³-hybridized carbons (Fsp3) is 0.524. The van der Waals surface area contributed by atoms with Gasteiger partial charge in [0.2, 0.25) is 0 Å². The molecule has 1 fully saturated rings. The molecular formula is C21H22F6N2O6. The van der Waals surface area contributed by atoms with Gasteiger partial charge in [-0.3, -0.25) is 9.59 Å². The number of hydrogen-bond acceptors (Lipinski definition) is 6. The first kappa shape index (κ1) is 27.8. The van der Waals surface area contributed by atoms with Crippen LogP contribution in [0.1, 0.15) is 36.0 Å². The Kier molecular flexibility index (Phi) is 9.40. The molecule has 0 saturated carbocycles. The van der Waals surface area contributed by atoms with E-state index in [0.717, 1.165) is 18.2 Å². The quantitative estimate of drug-likeness (QED) is 0.366. The summed E-state index contributed by atoms with van der Waals surface area (Å²) >= 11 is 0. The molecule has 35 heavy (non-hydrogen) atoms. The number of rotatable bonds is 10. The molecule has 0 bridgehead atoms. The van der Waals surface area contributed by atoms with Gasteiger partial charge in [0, 0.05) is 19.1 Å². The molecule has 2 N–H and O–H groups in total. The molecule has 1 saturated heterocycles. The van der Waals surface area contributed by atoms with Gasteiger partial charge >= 0.3 is 18.3 Å². The number of halogens is 6. The van der Waals surface area contributed by atoms with Gasteiger partial charge in [0.25, 0.3) is 5.91 Å². The molecule has 2 rings (SSSR count). The van der Waals surface area contributed by atoms with Gasteiger partial charge in [-0.2, -0.15) is 26.3 Å². The van der Waals surface area contributed by atoms with Gasteiger partial charge in [0.15, 0.2) is 13.2 Å². The van der Waals surface area contributed by atoms with Gasteiger partial charge in [0.05, 0.1) is 12.0 Å². The number of ether oxygens (including phenoxy) is 2. The van der Waals surface area contributed by atoms with Crippen molar-refractivity contribution >= 4 is 17.8 Å². The Hall–Kier alpha value is -3.41. The first-order valence-electron chi connectivity index (χ1n) is 10.3. The second-order valence-corrected chi connectivity index (χ2v) is 7.64. The molecule has 1 aliphatic heterocycles. The maximum atomic E-state index is 12.8. The van der Waals surface area contributed by atoms with Crippen LogP contribution < -0.4 is 14.8 Å². The van der Waals surface area contributed by atoms with Gasteiger partial charge in [-0.1, -0.05) is 0 Å². The molecule has 14 heteroatoms. The zero-order valence-electron chi connectivity index (χ0n) is 18.2. The van der Waals surface area contributed by atoms with E-state index in [4.69, 9.17) is 5.11 Å². The average Bonchev–Trinajstić information content (AvgIpc) is 2.77. The standard InChI is InChI=1S/C21H22F6N2O6/c22-20(23,24)11-34-15-4-5-17(35-12-21(25,26)27)16(8-15)19(33)28-9-13-3-1-2-6-29(13)14(10-30)7-18(31)32/h4-5,8,13H,1-3,6-7,9,11-12H2,(H,28,33)(H,31,32). The number of nitrogens with one attached hydrogen (secondary N) is 1. The lowest BCUT2D eigenvalue weighted by Crippen LogP contribution is -2.46. The highest BCUT2D eigenvalue weighted by atomic mass is 19.4. The van der Waals surface area contributed by atoms with Crippen molar-refractivity contribution in [3.8, 4) is 11.5 Å². The molecular weight excluding hydrogens is 490 g/mol. The molecule has 1 aromatic carbocycles. The monoisotopic (exact) mass is 512 g/mol. The minimum atomic E-state index is -4.73. The van der Waals surface area contributed by atoms with E-state index in [2.05, 4.69) is 14.8 Å². The molecule has 1 heterocycles. The first-order chi connectivity index (χ1) is 16.3. The van der Waals surface area contributed by atoms with Crippen LogP contribution in [-0.4, -0.2) is 72.5 Å². The van der Waals surface area contributed by atoms with E-state index in [1.807, 2.05) is 0 Å². The number of carboxylic acid groups (broad SMARTS) is 1. The summed E-state index contributed by atoms with van der Waals surface area (Å²) in [5, 5.41) is 11.4. The van der Waals surface area contributed by atoms with E-state index >= 15 is 0 Å². The van der Waals surface area contributed by atoms with Crippen molar-refractivity contribution in [2.75, 3.05) is 26.3 Å². The van der Waals surface area contributed by atoms with Crippen LogP contribution in [0.4, 0.5) is 26.3 Å². The number of alkyl halides is 6. The molecule has 1 atom stereocenters. The van der Waals surface area contributed by atoms with Crippen molar-refractivity contribution in [1.82, 2.24) is 10.2 Å². The molecule has 0 spiro atoms. The van der Waals surface area contributed by atoms with Crippen molar-refractivity contribution < 1.29 is 55.3 Å². The van der Waals surface area contributed by atoms with Crippen LogP contribution in [0.2, 0.25) is 0 Å². The summed E-state index contributed by atoms with van der Waals surface area (Å²) in [5.41, 5.74) is -0.610. The summed E-state index contributed by atoms with van der Waals surface area (Å²) in [5.74, 6) is -1.57. The third kappa shape index (κ3) is 9.39. The van der Waals surface area contributed by atoms with Crippen molar-refractivity contribution in [2.45, 2.75) is 44.1 Å². The second-order valence-electron chi connectivity index (χ2n) is 7.64. The van der Waals surface area contributed by atoms with Crippen LogP contribution in [0, 0.1) is 0 Å². The molecule has 1 aliphatic rings. The van der Waals surface area contributed by atoms with Crippen molar-refractivity contribution in [3.05, 3.63) is 29.5 Å². The Bertz CT molecular complexity index is 959. The number of piperidine rings is 1. The number of nitrogens with zero attached hydrogens (tertiary/aromatic N) is 1. The summed E-state index contributed by atoms with van der Waals surface area (Å²) in [7, 11) is 0. The highest BCUT2D eigenvalue weighted by molar-refractivity contribution is 5.97. The molecule has 0 aromatic heterocycles. The topological polar surface area (TPSA) is 105 Å². The minimum Gasteiger partial charge on any atom is -0.484 e. The van der Waals surface area contributed by atoms with E-state index in [0.29, 0.717) is 25.8 Å². The van der Waals surface area contributed by atoms with Gasteiger partial charge in [-0.05, 0) is 37.5 Å². The number of aliphatic carboxylic acids is 1. The van der Waals surface area contributed by atoms with Crippen LogP contribution in [0.25, 0.3) is 0 Å². The minimum absolute atomic E-state index is 0.117. The number of carbonyl (C=O) groups excluding carboxylic acids is 2. The number of benzene rings is 1.